The summed E-state index contributed by atoms with van der Waals surface area (Å²) >= 11 is 1.55. The molecule has 2 aromatic heterocycles. The van der Waals surface area contributed by atoms with Gasteiger partial charge in [-0.15, -0.1) is 11.3 Å². The monoisotopic (exact) mass is 287 g/mol. The zero-order chi connectivity index (χ0) is 13.9. The molecule has 3 aromatic rings. The highest BCUT2D eigenvalue weighted by Gasteiger charge is 2.19. The quantitative estimate of drug-likeness (QED) is 0.755. The molecule has 0 saturated carbocycles. The fraction of sp³-hybridized carbons (Fsp3) is 0.143. The van der Waals surface area contributed by atoms with Gasteiger partial charge in [0.15, 0.2) is 4.96 Å². The molecule has 0 radical (unpaired) electrons. The molecule has 0 fully saturated rings. The Morgan fingerprint density at radius 1 is 1.40 bits per heavy atom. The Balaban J connectivity index is 1.74. The molecule has 6 heteroatoms. The smallest absolute Gasteiger partial charge is 0.325 e. The van der Waals surface area contributed by atoms with E-state index in [0.29, 0.717) is 6.54 Å². The van der Waals surface area contributed by atoms with Crippen molar-refractivity contribution in [1.29, 1.82) is 0 Å². The van der Waals surface area contributed by atoms with Crippen molar-refractivity contribution in [3.05, 3.63) is 59.4 Å². The summed E-state index contributed by atoms with van der Waals surface area (Å²) in [5.41, 5.74) is 1.57. The van der Waals surface area contributed by atoms with Crippen LogP contribution >= 0.6 is 11.3 Å². The number of thiazole rings is 1. The number of aliphatic carboxylic acids is 1. The molecule has 0 aliphatic rings. The van der Waals surface area contributed by atoms with Crippen LogP contribution < -0.4 is 5.32 Å². The first-order valence-electron chi connectivity index (χ1n) is 6.16. The van der Waals surface area contributed by atoms with E-state index >= 15 is 0 Å². The number of benzene rings is 1. The molecule has 2 heterocycles. The van der Waals surface area contributed by atoms with Gasteiger partial charge in [0.25, 0.3) is 0 Å². The number of carbonyl (C=O) groups is 1. The lowest BCUT2D eigenvalue weighted by Crippen LogP contribution is -2.28. The van der Waals surface area contributed by atoms with Gasteiger partial charge in [0, 0.05) is 24.3 Å². The van der Waals surface area contributed by atoms with E-state index in [9.17, 15) is 9.90 Å². The van der Waals surface area contributed by atoms with Crippen LogP contribution in [0.5, 0.6) is 0 Å². The number of aromatic nitrogens is 2. The normalized spacial score (nSPS) is 12.6. The van der Waals surface area contributed by atoms with E-state index < -0.39 is 12.0 Å². The molecule has 0 saturated heterocycles. The summed E-state index contributed by atoms with van der Waals surface area (Å²) in [5, 5.41) is 14.3. The minimum Gasteiger partial charge on any atom is -0.480 e. The van der Waals surface area contributed by atoms with Gasteiger partial charge in [-0.3, -0.25) is 14.5 Å². The third-order valence-corrected chi connectivity index (χ3v) is 3.78. The van der Waals surface area contributed by atoms with Gasteiger partial charge in [0.05, 0.1) is 5.69 Å². The second-order valence-electron chi connectivity index (χ2n) is 4.39. The number of carboxylic acid groups (broad SMARTS) is 1. The summed E-state index contributed by atoms with van der Waals surface area (Å²) in [4.78, 5) is 16.7. The second-order valence-corrected chi connectivity index (χ2v) is 5.26. The Morgan fingerprint density at radius 3 is 2.90 bits per heavy atom. The van der Waals surface area contributed by atoms with Crippen LogP contribution in [0.1, 0.15) is 17.3 Å². The third kappa shape index (κ3) is 2.56. The van der Waals surface area contributed by atoms with Gasteiger partial charge < -0.3 is 5.11 Å². The number of hydrogen-bond acceptors (Lipinski definition) is 4. The molecule has 1 aromatic carbocycles. The Labute approximate surface area is 119 Å². The van der Waals surface area contributed by atoms with Crippen molar-refractivity contribution in [2.24, 2.45) is 0 Å². The highest BCUT2D eigenvalue weighted by atomic mass is 32.1. The molecule has 2 N–H and O–H groups in total. The van der Waals surface area contributed by atoms with Crippen molar-refractivity contribution in [3.63, 3.8) is 0 Å². The number of imidazole rings is 1. The van der Waals surface area contributed by atoms with E-state index in [2.05, 4.69) is 10.3 Å². The highest BCUT2D eigenvalue weighted by molar-refractivity contribution is 7.15. The number of fused-ring (bicyclic) bond motifs is 1. The Morgan fingerprint density at radius 2 is 2.20 bits per heavy atom. The molecule has 20 heavy (non-hydrogen) atoms. The van der Waals surface area contributed by atoms with Gasteiger partial charge in [-0.25, -0.2) is 4.98 Å². The van der Waals surface area contributed by atoms with Gasteiger partial charge in [-0.1, -0.05) is 30.3 Å². The molecular formula is C14H13N3O2S. The predicted octanol–water partition coefficient (Wildman–Crippen LogP) is 2.31. The average molecular weight is 287 g/mol. The minimum absolute atomic E-state index is 0.417. The minimum atomic E-state index is -0.891. The van der Waals surface area contributed by atoms with E-state index in [0.717, 1.165) is 16.2 Å². The lowest BCUT2D eigenvalue weighted by molar-refractivity contribution is -0.139. The highest BCUT2D eigenvalue weighted by Crippen LogP contribution is 2.15. The van der Waals surface area contributed by atoms with Crippen molar-refractivity contribution in [2.75, 3.05) is 0 Å². The zero-order valence-corrected chi connectivity index (χ0v) is 11.4. The fourth-order valence-electron chi connectivity index (χ4n) is 2.06. The maximum Gasteiger partial charge on any atom is 0.325 e. The van der Waals surface area contributed by atoms with Crippen LogP contribution in [0.4, 0.5) is 0 Å². The van der Waals surface area contributed by atoms with Gasteiger partial charge in [0.2, 0.25) is 0 Å². The van der Waals surface area contributed by atoms with E-state index in [4.69, 9.17) is 0 Å². The fourth-order valence-corrected chi connectivity index (χ4v) is 2.78. The van der Waals surface area contributed by atoms with Gasteiger partial charge in [-0.05, 0) is 5.56 Å². The maximum absolute atomic E-state index is 11.4. The molecule has 1 unspecified atom stereocenters. The largest absolute Gasteiger partial charge is 0.480 e. The predicted molar refractivity (Wildman–Crippen MR) is 76.7 cm³/mol. The van der Waals surface area contributed by atoms with Crippen LogP contribution in [0.2, 0.25) is 0 Å². The van der Waals surface area contributed by atoms with Crippen LogP contribution in [-0.2, 0) is 11.3 Å². The topological polar surface area (TPSA) is 66.6 Å². The van der Waals surface area contributed by atoms with Crippen molar-refractivity contribution in [2.45, 2.75) is 12.6 Å². The van der Waals surface area contributed by atoms with Gasteiger partial charge in [0.1, 0.15) is 6.04 Å². The Kier molecular flexibility index (Phi) is 3.49. The van der Waals surface area contributed by atoms with Crippen LogP contribution in [-0.4, -0.2) is 20.5 Å². The van der Waals surface area contributed by atoms with Crippen LogP contribution in [0, 0.1) is 0 Å². The molecule has 0 aliphatic heterocycles. The Bertz CT molecular complexity index is 692. The van der Waals surface area contributed by atoms with Crippen molar-refractivity contribution >= 4 is 22.3 Å². The molecule has 102 valence electrons. The molecule has 0 spiro atoms. The summed E-state index contributed by atoms with van der Waals surface area (Å²) < 4.78 is 1.93. The standard InChI is InChI=1S/C14H13N3O2S/c18-13(19)12(10-4-2-1-3-5-10)15-8-11-9-17-6-7-20-14(17)16-11/h1-7,9,12,15H,8H2,(H,18,19). The lowest BCUT2D eigenvalue weighted by atomic mass is 10.1. The van der Waals surface area contributed by atoms with Crippen molar-refractivity contribution in [1.82, 2.24) is 14.7 Å². The molecule has 5 nitrogen and oxygen atoms in total. The van der Waals surface area contributed by atoms with E-state index in [1.165, 1.54) is 0 Å². The first kappa shape index (κ1) is 12.8. The summed E-state index contributed by atoms with van der Waals surface area (Å²) in [5.74, 6) is -0.891. The van der Waals surface area contributed by atoms with Gasteiger partial charge in [-0.2, -0.15) is 0 Å². The first-order chi connectivity index (χ1) is 9.74. The number of rotatable bonds is 5. The van der Waals surface area contributed by atoms with Crippen LogP contribution in [0.15, 0.2) is 48.1 Å². The molecular weight excluding hydrogens is 274 g/mol. The summed E-state index contributed by atoms with van der Waals surface area (Å²) in [6, 6.07) is 8.41. The van der Waals surface area contributed by atoms with E-state index in [1.807, 2.05) is 40.4 Å². The average Bonchev–Trinajstić information content (AvgIpc) is 3.00. The van der Waals surface area contributed by atoms with Crippen LogP contribution in [0.3, 0.4) is 0 Å². The number of hydrogen-bond donors (Lipinski definition) is 2. The molecule has 0 aliphatic carbocycles. The summed E-state index contributed by atoms with van der Waals surface area (Å²) in [7, 11) is 0. The summed E-state index contributed by atoms with van der Waals surface area (Å²) in [6.07, 6.45) is 3.84. The number of nitrogens with one attached hydrogen (secondary N) is 1. The molecule has 0 bridgehead atoms. The first-order valence-corrected chi connectivity index (χ1v) is 7.04. The van der Waals surface area contributed by atoms with Gasteiger partial charge >= 0.3 is 5.97 Å². The van der Waals surface area contributed by atoms with E-state index in [1.54, 1.807) is 23.5 Å². The maximum atomic E-state index is 11.4. The molecule has 3 rings (SSSR count). The molecule has 0 amide bonds. The lowest BCUT2D eigenvalue weighted by Gasteiger charge is -2.13. The SMILES string of the molecule is O=C(O)C(NCc1cn2ccsc2n1)c1ccccc1. The number of nitrogens with zero attached hydrogens (tertiary/aromatic N) is 2. The number of carboxylic acids is 1. The Hall–Kier alpha value is -2.18. The van der Waals surface area contributed by atoms with E-state index in [-0.39, 0.29) is 0 Å². The van der Waals surface area contributed by atoms with Crippen molar-refractivity contribution < 1.29 is 9.90 Å². The summed E-state index contributed by atoms with van der Waals surface area (Å²) in [6.45, 7) is 0.417. The zero-order valence-electron chi connectivity index (χ0n) is 10.6. The third-order valence-electron chi connectivity index (χ3n) is 3.01. The van der Waals surface area contributed by atoms with Crippen molar-refractivity contribution in [3.8, 4) is 0 Å². The van der Waals surface area contributed by atoms with Crippen LogP contribution in [0.25, 0.3) is 4.96 Å². The second kappa shape index (κ2) is 5.44. The molecule has 1 atom stereocenters.